The predicted octanol–water partition coefficient (Wildman–Crippen LogP) is 23.6. The Bertz CT molecular complexity index is 7010. The van der Waals surface area contributed by atoms with Crippen LogP contribution in [-0.2, 0) is 9.31 Å². The van der Waals surface area contributed by atoms with Crippen LogP contribution in [0.5, 0.6) is 0 Å². The van der Waals surface area contributed by atoms with E-state index in [1.54, 1.807) is 60.8 Å². The average Bonchev–Trinajstić information content (AvgIpc) is 0.808. The average molecular weight is 1340 g/mol. The van der Waals surface area contributed by atoms with Gasteiger partial charge in [-0.05, 0) is 171 Å². The van der Waals surface area contributed by atoms with E-state index in [1.165, 1.54) is 0 Å². The molecule has 6 nitrogen and oxygen atoms in total. The molecule has 0 amide bonds. The zero-order valence-electron chi connectivity index (χ0n) is 69.3. The zero-order valence-corrected chi connectivity index (χ0v) is 54.9. The van der Waals surface area contributed by atoms with Gasteiger partial charge in [0.1, 0.15) is 0 Å². The lowest BCUT2D eigenvalue weighted by molar-refractivity contribution is 0.00578. The Hall–Kier alpha value is -11.3. The van der Waals surface area contributed by atoms with Gasteiger partial charge in [-0.1, -0.05) is 279 Å². The minimum Gasteiger partial charge on any atom is -0.399 e. The fraction of sp³-hybridized carbons (Fsp3) is 0.0667. The van der Waals surface area contributed by atoms with Gasteiger partial charge >= 0.3 is 7.12 Å². The van der Waals surface area contributed by atoms with Gasteiger partial charge in [0.15, 0.2) is 0 Å². The summed E-state index contributed by atoms with van der Waals surface area (Å²) in [5, 5.41) is 9.45. The number of hydrogen-bond acceptors (Lipinski definition) is 6. The number of halogens is 1. The van der Waals surface area contributed by atoms with E-state index in [1.807, 2.05) is 91.1 Å². The number of benzene rings is 14. The van der Waals surface area contributed by atoms with E-state index in [2.05, 4.69) is 120 Å². The van der Waals surface area contributed by atoms with Crippen LogP contribution >= 0.6 is 15.9 Å². The standard InChI is InChI=1S/C42H26N2.C28H25BN2O2.C20H13Br/c1-2-11-27(12-3-1)39-33-16-6-8-18-35(33)40(36-19-9-7-17-34(36)39)37-24-23-32(30-14-4-5-15-31(30)37)38-25-22-29-21-20-28-13-10-26-43-41(28)42(29)44-38;1-27(2)28(3,4)33-29(32-27)23-15-14-22(20-9-5-6-10-21(20)23)24-16-13-19-12-11-18-8-7-17-30-25(18)26(19)31-24;21-20-17-12-6-4-10-15(17)19(14-8-2-1-3-9-14)16-11-5-7-13-18(16)20/h1-26H;5-17H,1-4H3;1-13H/i6D,7D,8D,9D,16D,17D,18D,19D;;4D,5D,6D,7D,10D,11D,12D,13D. The fourth-order valence-electron chi connectivity index (χ4n) is 13.5. The summed E-state index contributed by atoms with van der Waals surface area (Å²) in [5.74, 6) is 0. The van der Waals surface area contributed by atoms with Gasteiger partial charge in [-0.25, -0.2) is 9.97 Å². The van der Waals surface area contributed by atoms with Gasteiger partial charge in [0.2, 0.25) is 0 Å². The van der Waals surface area contributed by atoms with Gasteiger partial charge < -0.3 is 9.31 Å². The highest BCUT2D eigenvalue weighted by atomic mass is 79.9. The quantitative estimate of drug-likeness (QED) is 0.0939. The second kappa shape index (κ2) is 24.7. The first-order valence-corrected chi connectivity index (χ1v) is 32.9. The Morgan fingerprint density at radius 1 is 0.316 bits per heavy atom. The molecule has 0 saturated carbocycles. The molecular weight excluding hydrogens is 1260 g/mol. The molecule has 14 aromatic carbocycles. The summed E-state index contributed by atoms with van der Waals surface area (Å²) < 4.78 is 151. The number of aromatic nitrogens is 4. The Labute approximate surface area is 599 Å². The van der Waals surface area contributed by atoms with E-state index in [4.69, 9.17) is 35.7 Å². The normalized spacial score (nSPS) is 15.7. The van der Waals surface area contributed by atoms with Crippen molar-refractivity contribution >= 4 is 137 Å². The molecule has 98 heavy (non-hydrogen) atoms. The van der Waals surface area contributed by atoms with Gasteiger partial charge in [-0.2, -0.15) is 0 Å². The van der Waals surface area contributed by atoms with E-state index in [-0.39, 0.29) is 107 Å². The van der Waals surface area contributed by atoms with Crippen molar-refractivity contribution in [1.29, 1.82) is 0 Å². The summed E-state index contributed by atoms with van der Waals surface area (Å²) in [4.78, 5) is 19.4. The summed E-state index contributed by atoms with van der Waals surface area (Å²) in [7, 11) is -0.411. The lowest BCUT2D eigenvalue weighted by atomic mass is 9.75. The van der Waals surface area contributed by atoms with Crippen molar-refractivity contribution in [3.05, 3.63) is 320 Å². The van der Waals surface area contributed by atoms with E-state index in [9.17, 15) is 5.48 Å². The summed E-state index contributed by atoms with van der Waals surface area (Å²) >= 11 is 3.38. The Morgan fingerprint density at radius 2 is 0.653 bits per heavy atom. The lowest BCUT2D eigenvalue weighted by Gasteiger charge is -2.32. The number of hydrogen-bond donors (Lipinski definition) is 0. The molecule has 0 spiro atoms. The molecule has 1 fully saturated rings. The van der Waals surface area contributed by atoms with Crippen molar-refractivity contribution in [2.75, 3.05) is 0 Å². The predicted molar refractivity (Wildman–Crippen MR) is 416 cm³/mol. The van der Waals surface area contributed by atoms with E-state index < -0.39 is 55.5 Å². The van der Waals surface area contributed by atoms with Crippen molar-refractivity contribution < 1.29 is 31.2 Å². The Morgan fingerprint density at radius 3 is 1.10 bits per heavy atom. The van der Waals surface area contributed by atoms with Crippen molar-refractivity contribution in [3.63, 3.8) is 0 Å². The van der Waals surface area contributed by atoms with Crippen LogP contribution in [0.25, 0.3) is 164 Å². The molecule has 1 aliphatic rings. The third kappa shape index (κ3) is 10.5. The summed E-state index contributed by atoms with van der Waals surface area (Å²) in [6, 6.07) is 60.9. The SMILES string of the molecule is CC1(C)OB(c2ccc(-c3ccc4ccc5cccnc5c4n3)c3ccccc23)OC1(C)C.[2H]c1c([2H])c([2H])c2c(-c3ccc(-c4ccc5ccc6cccnc6c5n4)c4ccccc34)c3c([2H])c([2H])c([2H])c([2H])c3c(-c3ccccc3)c2c1[2H].[2H]c1c([2H])c([2H])c2c(-c3ccccc3)c3c([2H])c([2H])c([2H])c([2H])c3c(Br)c2c1[2H]. The van der Waals surface area contributed by atoms with E-state index in [0.29, 0.717) is 39.1 Å². The molecule has 0 bridgehead atoms. The van der Waals surface area contributed by atoms with Gasteiger partial charge in [0, 0.05) is 49.5 Å². The third-order valence-electron chi connectivity index (χ3n) is 18.9. The van der Waals surface area contributed by atoms with Gasteiger partial charge in [0.25, 0.3) is 0 Å². The maximum absolute atomic E-state index is 9.30. The highest BCUT2D eigenvalue weighted by molar-refractivity contribution is 9.10. The Balaban J connectivity index is 0.000000131. The third-order valence-corrected chi connectivity index (χ3v) is 19.7. The van der Waals surface area contributed by atoms with Crippen molar-refractivity contribution in [3.8, 4) is 55.9 Å². The molecule has 5 heterocycles. The largest absolute Gasteiger partial charge is 0.495 e. The molecule has 0 N–H and O–H groups in total. The monoisotopic (exact) mass is 1340 g/mol. The van der Waals surface area contributed by atoms with E-state index in [0.717, 1.165) is 87.4 Å². The molecule has 4 aromatic heterocycles. The fourth-order valence-corrected chi connectivity index (χ4v) is 14.1. The van der Waals surface area contributed by atoms with Crippen LogP contribution in [0.1, 0.15) is 49.6 Å². The first kappa shape index (κ1) is 45.2. The smallest absolute Gasteiger partial charge is 0.399 e. The van der Waals surface area contributed by atoms with Crippen LogP contribution in [0.3, 0.4) is 0 Å². The van der Waals surface area contributed by atoms with Crippen molar-refractivity contribution in [2.45, 2.75) is 38.9 Å². The van der Waals surface area contributed by atoms with Gasteiger partial charge in [0.05, 0.1) is 66.6 Å². The molecule has 18 aromatic rings. The van der Waals surface area contributed by atoms with Gasteiger partial charge in [-0.15, -0.1) is 0 Å². The number of rotatable bonds is 6. The number of nitrogens with zero attached hydrogens (tertiary/aromatic N) is 4. The van der Waals surface area contributed by atoms with Crippen LogP contribution in [0, 0.1) is 0 Å². The molecular formula is C90H64BBrN4O2. The van der Waals surface area contributed by atoms with Crippen molar-refractivity contribution in [1.82, 2.24) is 19.9 Å². The molecule has 0 radical (unpaired) electrons. The summed E-state index contributed by atoms with van der Waals surface area (Å²) in [6.07, 6.45) is 3.58. The van der Waals surface area contributed by atoms with E-state index >= 15 is 0 Å². The van der Waals surface area contributed by atoms with Crippen LogP contribution in [0.15, 0.2) is 320 Å². The number of fused-ring (bicyclic) bond motifs is 12. The lowest BCUT2D eigenvalue weighted by Crippen LogP contribution is -2.41. The van der Waals surface area contributed by atoms with Crippen molar-refractivity contribution in [2.24, 2.45) is 0 Å². The molecule has 8 heteroatoms. The zero-order chi connectivity index (χ0) is 80.0. The second-order valence-electron chi connectivity index (χ2n) is 25.0. The first-order valence-electron chi connectivity index (χ1n) is 40.1. The van der Waals surface area contributed by atoms with Gasteiger partial charge in [-0.3, -0.25) is 9.97 Å². The highest BCUT2D eigenvalue weighted by Gasteiger charge is 2.52. The molecule has 466 valence electrons. The minimum atomic E-state index is -0.430. The second-order valence-corrected chi connectivity index (χ2v) is 25.8. The molecule has 1 aliphatic heterocycles. The van der Waals surface area contributed by atoms with Crippen LogP contribution in [-0.4, -0.2) is 38.3 Å². The minimum absolute atomic E-state index is 0.182. The van der Waals surface area contributed by atoms with Crippen LogP contribution in [0.2, 0.25) is 0 Å². The number of pyridine rings is 4. The molecule has 19 rings (SSSR count). The first-order chi connectivity index (χ1) is 54.7. The van der Waals surface area contributed by atoms with Crippen LogP contribution < -0.4 is 5.46 Å². The van der Waals surface area contributed by atoms with Crippen LogP contribution in [0.4, 0.5) is 0 Å². The maximum Gasteiger partial charge on any atom is 0.495 e. The summed E-state index contributed by atoms with van der Waals surface area (Å²) in [5.41, 5.74) is 9.98. The Kier molecular flexibility index (Phi) is 11.4. The topological polar surface area (TPSA) is 70.0 Å². The molecule has 0 atom stereocenters. The molecule has 1 saturated heterocycles. The maximum atomic E-state index is 9.30. The molecule has 0 aliphatic carbocycles. The molecule has 0 unspecified atom stereocenters. The highest BCUT2D eigenvalue weighted by Crippen LogP contribution is 2.48. The summed E-state index contributed by atoms with van der Waals surface area (Å²) in [6.45, 7) is 8.34.